The van der Waals surface area contributed by atoms with Gasteiger partial charge in [-0.15, -0.1) is 0 Å². The van der Waals surface area contributed by atoms with Gasteiger partial charge in [0.15, 0.2) is 0 Å². The number of nitrogens with zero attached hydrogens (tertiary/aromatic N) is 1. The summed E-state index contributed by atoms with van der Waals surface area (Å²) in [6.07, 6.45) is 0. The zero-order chi connectivity index (χ0) is 13.1. The molecule has 18 heavy (non-hydrogen) atoms. The normalized spacial score (nSPS) is 12.5. The van der Waals surface area contributed by atoms with Gasteiger partial charge in [0.05, 0.1) is 23.5 Å². The standard InChI is InChI=1S/C12H14N4O2/c1-7(11(13)17)14-6-10-15-9-5-3-2-4-8(9)12(18)16-10/h2-5,7,14H,6H2,1H3,(H2,13,17)(H,15,16,18). The lowest BCUT2D eigenvalue weighted by molar-refractivity contribution is -0.119. The summed E-state index contributed by atoms with van der Waals surface area (Å²) >= 11 is 0. The molecule has 1 unspecified atom stereocenters. The number of hydrogen-bond acceptors (Lipinski definition) is 4. The van der Waals surface area contributed by atoms with Gasteiger partial charge in [0.25, 0.3) is 5.56 Å². The smallest absolute Gasteiger partial charge is 0.258 e. The fraction of sp³-hybridized carbons (Fsp3) is 0.250. The van der Waals surface area contributed by atoms with Gasteiger partial charge in [0.1, 0.15) is 5.82 Å². The van der Waals surface area contributed by atoms with Crippen LogP contribution < -0.4 is 16.6 Å². The highest BCUT2D eigenvalue weighted by molar-refractivity contribution is 5.79. The predicted molar refractivity (Wildman–Crippen MR) is 67.9 cm³/mol. The molecule has 0 saturated heterocycles. The zero-order valence-corrected chi connectivity index (χ0v) is 9.93. The van der Waals surface area contributed by atoms with E-state index in [2.05, 4.69) is 15.3 Å². The summed E-state index contributed by atoms with van der Waals surface area (Å²) in [6.45, 7) is 1.94. The first kappa shape index (κ1) is 12.3. The third-order valence-electron chi connectivity index (χ3n) is 2.66. The number of H-pyrrole nitrogens is 1. The van der Waals surface area contributed by atoms with E-state index in [0.717, 1.165) is 0 Å². The molecule has 2 aromatic rings. The molecule has 4 N–H and O–H groups in total. The number of fused-ring (bicyclic) bond motifs is 1. The Kier molecular flexibility index (Phi) is 3.38. The minimum atomic E-state index is -0.471. The minimum absolute atomic E-state index is 0.191. The largest absolute Gasteiger partial charge is 0.368 e. The average molecular weight is 246 g/mol. The summed E-state index contributed by atoms with van der Waals surface area (Å²) in [6, 6.07) is 6.61. The van der Waals surface area contributed by atoms with E-state index in [1.807, 2.05) is 6.07 Å². The van der Waals surface area contributed by atoms with E-state index in [1.54, 1.807) is 25.1 Å². The molecule has 0 aliphatic heterocycles. The minimum Gasteiger partial charge on any atom is -0.368 e. The number of nitrogens with two attached hydrogens (primary N) is 1. The van der Waals surface area contributed by atoms with Crippen molar-refractivity contribution in [1.29, 1.82) is 0 Å². The number of aromatic amines is 1. The van der Waals surface area contributed by atoms with Gasteiger partial charge in [-0.1, -0.05) is 12.1 Å². The first-order valence-corrected chi connectivity index (χ1v) is 5.58. The molecule has 6 heteroatoms. The first-order valence-electron chi connectivity index (χ1n) is 5.58. The van der Waals surface area contributed by atoms with Gasteiger partial charge < -0.3 is 10.7 Å². The van der Waals surface area contributed by atoms with Gasteiger partial charge in [-0.25, -0.2) is 4.98 Å². The summed E-state index contributed by atoms with van der Waals surface area (Å²) in [5.41, 5.74) is 5.57. The monoisotopic (exact) mass is 246 g/mol. The second kappa shape index (κ2) is 4.97. The van der Waals surface area contributed by atoms with Gasteiger partial charge in [-0.2, -0.15) is 0 Å². The lowest BCUT2D eigenvalue weighted by atomic mass is 10.2. The lowest BCUT2D eigenvalue weighted by Crippen LogP contribution is -2.38. The number of primary amides is 1. The van der Waals surface area contributed by atoms with Crippen molar-refractivity contribution in [3.8, 4) is 0 Å². The molecular weight excluding hydrogens is 232 g/mol. The highest BCUT2D eigenvalue weighted by Crippen LogP contribution is 2.05. The molecule has 1 atom stereocenters. The van der Waals surface area contributed by atoms with Crippen LogP contribution in [0.3, 0.4) is 0 Å². The van der Waals surface area contributed by atoms with Crippen LogP contribution in [0.2, 0.25) is 0 Å². The molecule has 0 saturated carbocycles. The molecule has 1 aromatic heterocycles. The maximum Gasteiger partial charge on any atom is 0.258 e. The van der Waals surface area contributed by atoms with Gasteiger partial charge >= 0.3 is 0 Å². The molecule has 0 aliphatic carbocycles. The quantitative estimate of drug-likeness (QED) is 0.700. The van der Waals surface area contributed by atoms with Crippen LogP contribution in [0.5, 0.6) is 0 Å². The van der Waals surface area contributed by atoms with Crippen molar-refractivity contribution in [2.75, 3.05) is 0 Å². The van der Waals surface area contributed by atoms with Crippen molar-refractivity contribution in [1.82, 2.24) is 15.3 Å². The second-order valence-electron chi connectivity index (χ2n) is 4.03. The highest BCUT2D eigenvalue weighted by atomic mass is 16.1. The maximum atomic E-state index is 11.8. The Balaban J connectivity index is 2.25. The topological polar surface area (TPSA) is 101 Å². The van der Waals surface area contributed by atoms with E-state index in [9.17, 15) is 9.59 Å². The summed E-state index contributed by atoms with van der Waals surface area (Å²) in [4.78, 5) is 29.6. The number of rotatable bonds is 4. The van der Waals surface area contributed by atoms with Crippen LogP contribution in [0.25, 0.3) is 10.9 Å². The molecule has 2 rings (SSSR count). The number of nitrogens with one attached hydrogen (secondary N) is 2. The Hall–Kier alpha value is -2.21. The SMILES string of the molecule is CC(NCc1nc2ccccc2c(=O)[nH]1)C(N)=O. The molecule has 0 spiro atoms. The molecule has 1 heterocycles. The van der Waals surface area contributed by atoms with Gasteiger partial charge in [-0.3, -0.25) is 14.9 Å². The van der Waals surface area contributed by atoms with Gasteiger partial charge in [0, 0.05) is 0 Å². The first-order chi connectivity index (χ1) is 8.58. The second-order valence-corrected chi connectivity index (χ2v) is 4.03. The van der Waals surface area contributed by atoms with Crippen LogP contribution in [0.1, 0.15) is 12.7 Å². The van der Waals surface area contributed by atoms with Gasteiger partial charge in [-0.05, 0) is 19.1 Å². The molecule has 6 nitrogen and oxygen atoms in total. The number of amides is 1. The molecule has 0 bridgehead atoms. The Morgan fingerprint density at radius 1 is 1.50 bits per heavy atom. The molecule has 0 fully saturated rings. The lowest BCUT2D eigenvalue weighted by Gasteiger charge is -2.09. The Bertz CT molecular complexity index is 635. The molecule has 94 valence electrons. The average Bonchev–Trinajstić information content (AvgIpc) is 2.36. The van der Waals surface area contributed by atoms with Crippen LogP contribution in [0.4, 0.5) is 0 Å². The van der Waals surface area contributed by atoms with E-state index in [0.29, 0.717) is 16.7 Å². The van der Waals surface area contributed by atoms with Crippen LogP contribution in [0.15, 0.2) is 29.1 Å². The molecule has 1 amide bonds. The van der Waals surface area contributed by atoms with Crippen LogP contribution in [-0.4, -0.2) is 21.9 Å². The van der Waals surface area contributed by atoms with Crippen LogP contribution in [-0.2, 0) is 11.3 Å². The van der Waals surface area contributed by atoms with Crippen LogP contribution >= 0.6 is 0 Å². The number of carbonyl (C=O) groups is 1. The summed E-state index contributed by atoms with van der Waals surface area (Å²) in [7, 11) is 0. The van der Waals surface area contributed by atoms with Crippen molar-refractivity contribution < 1.29 is 4.79 Å². The van der Waals surface area contributed by atoms with Crippen molar-refractivity contribution in [2.45, 2.75) is 19.5 Å². The summed E-state index contributed by atoms with van der Waals surface area (Å²) in [5.74, 6) is 0.0323. The third-order valence-corrected chi connectivity index (χ3v) is 2.66. The molecule has 1 aromatic carbocycles. The Labute approximate surface area is 103 Å². The fourth-order valence-corrected chi connectivity index (χ4v) is 1.57. The number of benzene rings is 1. The van der Waals surface area contributed by atoms with Gasteiger partial charge in [0.2, 0.25) is 5.91 Å². The Morgan fingerprint density at radius 2 is 2.22 bits per heavy atom. The summed E-state index contributed by atoms with van der Waals surface area (Å²) in [5, 5.41) is 3.43. The zero-order valence-electron chi connectivity index (χ0n) is 9.93. The number of hydrogen-bond donors (Lipinski definition) is 3. The van der Waals surface area contributed by atoms with E-state index >= 15 is 0 Å². The molecule has 0 aliphatic rings. The van der Waals surface area contributed by atoms with Crippen molar-refractivity contribution in [3.05, 3.63) is 40.4 Å². The molecular formula is C12H14N4O2. The third kappa shape index (κ3) is 2.54. The maximum absolute atomic E-state index is 11.8. The molecule has 0 radical (unpaired) electrons. The van der Waals surface area contributed by atoms with Crippen LogP contribution in [0, 0.1) is 0 Å². The summed E-state index contributed by atoms with van der Waals surface area (Å²) < 4.78 is 0. The van der Waals surface area contributed by atoms with Crippen molar-refractivity contribution >= 4 is 16.8 Å². The number of para-hydroxylation sites is 1. The van der Waals surface area contributed by atoms with E-state index < -0.39 is 11.9 Å². The Morgan fingerprint density at radius 3 is 2.94 bits per heavy atom. The van der Waals surface area contributed by atoms with Crippen molar-refractivity contribution in [3.63, 3.8) is 0 Å². The van der Waals surface area contributed by atoms with E-state index in [-0.39, 0.29) is 12.1 Å². The number of carbonyl (C=O) groups excluding carboxylic acids is 1. The van der Waals surface area contributed by atoms with E-state index in [4.69, 9.17) is 5.73 Å². The van der Waals surface area contributed by atoms with Crippen molar-refractivity contribution in [2.24, 2.45) is 5.73 Å². The number of aromatic nitrogens is 2. The fourth-order valence-electron chi connectivity index (χ4n) is 1.57. The highest BCUT2D eigenvalue weighted by Gasteiger charge is 2.09. The van der Waals surface area contributed by atoms with E-state index in [1.165, 1.54) is 0 Å². The predicted octanol–water partition coefficient (Wildman–Crippen LogP) is -0.114.